The van der Waals surface area contributed by atoms with Crippen molar-refractivity contribution in [3.05, 3.63) is 30.1 Å². The van der Waals surface area contributed by atoms with Crippen molar-refractivity contribution in [2.75, 3.05) is 0 Å². The van der Waals surface area contributed by atoms with Crippen LogP contribution in [0.25, 0.3) is 0 Å². The summed E-state index contributed by atoms with van der Waals surface area (Å²) in [5, 5.41) is 0. The summed E-state index contributed by atoms with van der Waals surface area (Å²) in [6, 6.07) is 5.25. The lowest BCUT2D eigenvalue weighted by atomic mass is 10.3. The molecule has 6 heteroatoms. The Kier molecular flexibility index (Phi) is 2.80. The fourth-order valence-electron chi connectivity index (χ4n) is 0.643. The van der Waals surface area contributed by atoms with Gasteiger partial charge in [-0.3, -0.25) is 0 Å². The molecule has 0 aliphatic heterocycles. The van der Waals surface area contributed by atoms with Crippen molar-refractivity contribution in [2.45, 2.75) is 0 Å². The van der Waals surface area contributed by atoms with Crippen molar-refractivity contribution in [3.63, 3.8) is 0 Å². The molecular formula is C6H5FO3PS-. The Bertz CT molecular complexity index is 324. The van der Waals surface area contributed by atoms with Crippen LogP contribution in [0.5, 0.6) is 5.75 Å². The molecule has 0 aliphatic rings. The lowest BCUT2D eigenvalue weighted by Crippen LogP contribution is -2.05. The van der Waals surface area contributed by atoms with Gasteiger partial charge in [-0.1, -0.05) is 12.1 Å². The largest absolute Gasteiger partial charge is 0.770 e. The summed E-state index contributed by atoms with van der Waals surface area (Å²) in [7, 11) is 0. The third-order valence-corrected chi connectivity index (χ3v) is 1.70. The summed E-state index contributed by atoms with van der Waals surface area (Å²) in [5.41, 5.74) is 0. The van der Waals surface area contributed by atoms with Gasteiger partial charge < -0.3 is 14.3 Å². The van der Waals surface area contributed by atoms with E-state index in [1.807, 2.05) is 0 Å². The Labute approximate surface area is 73.7 Å². The van der Waals surface area contributed by atoms with Crippen LogP contribution in [0.4, 0.5) is 4.39 Å². The summed E-state index contributed by atoms with van der Waals surface area (Å²) < 4.78 is 17.0. The highest BCUT2D eigenvalue weighted by atomic mass is 32.5. The van der Waals surface area contributed by atoms with Gasteiger partial charge in [0, 0.05) is 0 Å². The Morgan fingerprint density at radius 1 is 1.50 bits per heavy atom. The highest BCUT2D eigenvalue weighted by Crippen LogP contribution is 2.34. The Morgan fingerprint density at radius 2 is 2.08 bits per heavy atom. The molecule has 1 atom stereocenters. The molecule has 0 amide bonds. The third-order valence-electron chi connectivity index (χ3n) is 1.05. The highest BCUT2D eigenvalue weighted by molar-refractivity contribution is 8.06. The molecule has 0 aliphatic carbocycles. The number of rotatable bonds is 2. The van der Waals surface area contributed by atoms with Crippen LogP contribution in [0.1, 0.15) is 0 Å². The Morgan fingerprint density at radius 3 is 2.58 bits per heavy atom. The summed E-state index contributed by atoms with van der Waals surface area (Å²) in [5.74, 6) is -1.02. The van der Waals surface area contributed by atoms with E-state index in [0.717, 1.165) is 6.07 Å². The molecule has 0 spiro atoms. The molecule has 0 heterocycles. The minimum absolute atomic E-state index is 0.307. The van der Waals surface area contributed by atoms with E-state index in [1.54, 1.807) is 0 Å². The smallest absolute Gasteiger partial charge is 0.167 e. The first-order valence-corrected chi connectivity index (χ1v) is 5.56. The van der Waals surface area contributed by atoms with Gasteiger partial charge >= 0.3 is 0 Å². The van der Waals surface area contributed by atoms with Crippen LogP contribution in [0.15, 0.2) is 24.3 Å². The molecule has 0 radical (unpaired) electrons. The van der Waals surface area contributed by atoms with Crippen LogP contribution >= 0.6 is 6.72 Å². The molecule has 0 fully saturated rings. The molecule has 3 nitrogen and oxygen atoms in total. The maximum absolute atomic E-state index is 12.7. The van der Waals surface area contributed by atoms with Gasteiger partial charge in [0.1, 0.15) is 0 Å². The lowest BCUT2D eigenvalue weighted by molar-refractivity contribution is -0.193. The first kappa shape index (κ1) is 9.61. The first-order valence-electron chi connectivity index (χ1n) is 2.97. The van der Waals surface area contributed by atoms with E-state index in [9.17, 15) is 9.28 Å². The molecule has 66 valence electrons. The van der Waals surface area contributed by atoms with Crippen LogP contribution < -0.4 is 9.42 Å². The fraction of sp³-hybridized carbons (Fsp3) is 0. The molecule has 1 aromatic rings. The molecule has 0 saturated heterocycles. The molecule has 1 N–H and O–H groups in total. The highest BCUT2D eigenvalue weighted by Gasteiger charge is 2.04. The van der Waals surface area contributed by atoms with Gasteiger partial charge in [0.25, 0.3) is 0 Å². The average molecular weight is 207 g/mol. The van der Waals surface area contributed by atoms with Crippen LogP contribution in [-0.4, -0.2) is 4.89 Å². The van der Waals surface area contributed by atoms with Gasteiger partial charge in [-0.05, 0) is 23.9 Å². The SMILES string of the molecule is [O-]P(O)(=S)Oc1ccccc1F. The number of benzene rings is 1. The topological polar surface area (TPSA) is 52.5 Å². The van der Waals surface area contributed by atoms with Crippen molar-refractivity contribution >= 4 is 18.5 Å². The van der Waals surface area contributed by atoms with E-state index in [1.165, 1.54) is 18.2 Å². The second-order valence-corrected chi connectivity index (χ2v) is 4.49. The van der Waals surface area contributed by atoms with Crippen molar-refractivity contribution in [1.29, 1.82) is 0 Å². The third kappa shape index (κ3) is 2.87. The maximum Gasteiger partial charge on any atom is 0.167 e. The zero-order chi connectivity index (χ0) is 9.19. The fourth-order valence-corrected chi connectivity index (χ4v) is 1.28. The molecular weight excluding hydrogens is 202 g/mol. The summed E-state index contributed by atoms with van der Waals surface area (Å²) in [6.45, 7) is -4.07. The Balaban J connectivity index is 2.90. The second kappa shape index (κ2) is 3.49. The van der Waals surface area contributed by atoms with E-state index < -0.39 is 12.5 Å². The van der Waals surface area contributed by atoms with E-state index in [2.05, 4.69) is 16.3 Å². The van der Waals surface area contributed by atoms with E-state index in [0.29, 0.717) is 0 Å². The van der Waals surface area contributed by atoms with Crippen LogP contribution in [0, 0.1) is 5.82 Å². The van der Waals surface area contributed by atoms with Gasteiger partial charge in [-0.2, -0.15) is 0 Å². The molecule has 0 bridgehead atoms. The van der Waals surface area contributed by atoms with Gasteiger partial charge in [0.2, 0.25) is 0 Å². The number of hydrogen-bond donors (Lipinski definition) is 1. The van der Waals surface area contributed by atoms with Gasteiger partial charge in [0.05, 0.1) is 0 Å². The number of hydrogen-bond acceptors (Lipinski definition) is 3. The van der Waals surface area contributed by atoms with Crippen molar-refractivity contribution in [1.82, 2.24) is 0 Å². The van der Waals surface area contributed by atoms with E-state index >= 15 is 0 Å². The zero-order valence-electron chi connectivity index (χ0n) is 5.81. The van der Waals surface area contributed by atoms with Crippen molar-refractivity contribution < 1.29 is 18.7 Å². The zero-order valence-corrected chi connectivity index (χ0v) is 7.52. The summed E-state index contributed by atoms with van der Waals surface area (Å²) >= 11 is 4.05. The standard InChI is InChI=1S/C6H6FO3PS/c7-5-3-1-2-4-6(5)10-11(8,9)12/h1-4H,(H2,8,9,12)/p-1. The van der Waals surface area contributed by atoms with Crippen LogP contribution in [-0.2, 0) is 11.8 Å². The minimum atomic E-state index is -4.07. The summed E-state index contributed by atoms with van der Waals surface area (Å²) in [6.07, 6.45) is 0. The van der Waals surface area contributed by atoms with E-state index in [4.69, 9.17) is 4.89 Å². The summed E-state index contributed by atoms with van der Waals surface area (Å²) in [4.78, 5) is 19.1. The van der Waals surface area contributed by atoms with E-state index in [-0.39, 0.29) is 5.75 Å². The lowest BCUT2D eigenvalue weighted by Gasteiger charge is -2.21. The molecule has 0 saturated carbocycles. The molecule has 1 aromatic carbocycles. The Hall–Kier alpha value is -0.480. The number of para-hydroxylation sites is 1. The number of halogens is 1. The first-order chi connectivity index (χ1) is 5.49. The quantitative estimate of drug-likeness (QED) is 0.728. The monoisotopic (exact) mass is 207 g/mol. The molecule has 1 rings (SSSR count). The van der Waals surface area contributed by atoms with Crippen molar-refractivity contribution in [3.8, 4) is 5.75 Å². The normalized spacial score (nSPS) is 15.2. The van der Waals surface area contributed by atoms with Crippen LogP contribution in [0.3, 0.4) is 0 Å². The minimum Gasteiger partial charge on any atom is -0.770 e. The predicted molar refractivity (Wildman–Crippen MR) is 43.5 cm³/mol. The molecule has 1 unspecified atom stereocenters. The van der Waals surface area contributed by atoms with Gasteiger partial charge in [-0.15, -0.1) is 0 Å². The molecule has 12 heavy (non-hydrogen) atoms. The maximum atomic E-state index is 12.7. The van der Waals surface area contributed by atoms with Crippen LogP contribution in [0.2, 0.25) is 0 Å². The van der Waals surface area contributed by atoms with Crippen molar-refractivity contribution in [2.24, 2.45) is 0 Å². The van der Waals surface area contributed by atoms with Gasteiger partial charge in [0.15, 0.2) is 18.3 Å². The molecule has 0 aromatic heterocycles. The predicted octanol–water partition coefficient (Wildman–Crippen LogP) is 0.782. The second-order valence-electron chi connectivity index (χ2n) is 1.99. The van der Waals surface area contributed by atoms with Gasteiger partial charge in [-0.25, -0.2) is 4.39 Å². The average Bonchev–Trinajstić information content (AvgIpc) is 1.91.